The van der Waals surface area contributed by atoms with Crippen LogP contribution in [0.1, 0.15) is 271 Å². The van der Waals surface area contributed by atoms with Gasteiger partial charge in [0.05, 0.1) is 25.2 Å². The van der Waals surface area contributed by atoms with Gasteiger partial charge in [-0.1, -0.05) is 274 Å². The summed E-state index contributed by atoms with van der Waals surface area (Å²) in [5.74, 6) is -0.493. The standard InChI is InChI=1S/C58H105NO5/c1-4-7-10-13-16-19-22-25-27-28-29-31-33-36-39-42-45-48-51-58(63)64-54(49-46-43-40-37-34-32-30-26-23-20-17-14-11-8-5-2)52-57(62)59-55(53-60)56(61)50-47-44-41-38-35-24-21-18-15-12-9-6-3/h10,13,16,19,22,25,27-29,31,54-56,60-61H,4-9,11-12,14-15,17-18,20-21,23-24,26,30,32-53H2,1-3H3,(H,59,62)/b13-10+,19-16+,25-22+,28-27+,31-29+. The van der Waals surface area contributed by atoms with E-state index in [2.05, 4.69) is 62.5 Å². The molecule has 3 atom stereocenters. The van der Waals surface area contributed by atoms with Crippen LogP contribution in [0.2, 0.25) is 0 Å². The van der Waals surface area contributed by atoms with Gasteiger partial charge in [-0.05, 0) is 44.9 Å². The average Bonchev–Trinajstić information content (AvgIpc) is 3.29. The predicted octanol–water partition coefficient (Wildman–Crippen LogP) is 16.8. The molecule has 0 fully saturated rings. The Morgan fingerprint density at radius 2 is 0.828 bits per heavy atom. The van der Waals surface area contributed by atoms with E-state index in [0.717, 1.165) is 77.0 Å². The zero-order valence-electron chi connectivity index (χ0n) is 42.4. The van der Waals surface area contributed by atoms with Crippen molar-refractivity contribution in [1.82, 2.24) is 5.32 Å². The molecule has 0 bridgehead atoms. The number of amides is 1. The largest absolute Gasteiger partial charge is 0.462 e. The Balaban J connectivity index is 4.61. The van der Waals surface area contributed by atoms with Crippen LogP contribution in [0.15, 0.2) is 60.8 Å². The number of rotatable bonds is 49. The van der Waals surface area contributed by atoms with E-state index in [0.29, 0.717) is 19.3 Å². The molecule has 0 heterocycles. The molecule has 64 heavy (non-hydrogen) atoms. The van der Waals surface area contributed by atoms with Crippen LogP contribution >= 0.6 is 0 Å². The normalized spacial score (nSPS) is 13.6. The van der Waals surface area contributed by atoms with Crippen LogP contribution in [-0.2, 0) is 14.3 Å². The highest BCUT2D eigenvalue weighted by Gasteiger charge is 2.24. The van der Waals surface area contributed by atoms with Crippen LogP contribution in [0.25, 0.3) is 0 Å². The van der Waals surface area contributed by atoms with E-state index in [1.54, 1.807) is 0 Å². The molecule has 6 nitrogen and oxygen atoms in total. The van der Waals surface area contributed by atoms with Gasteiger partial charge in [0.15, 0.2) is 0 Å². The summed E-state index contributed by atoms with van der Waals surface area (Å²) in [7, 11) is 0. The summed E-state index contributed by atoms with van der Waals surface area (Å²) in [6.07, 6.45) is 64.1. The topological polar surface area (TPSA) is 95.9 Å². The molecule has 372 valence electrons. The van der Waals surface area contributed by atoms with E-state index < -0.39 is 18.2 Å². The maximum atomic E-state index is 13.2. The third-order valence-corrected chi connectivity index (χ3v) is 12.5. The molecule has 0 aromatic heterocycles. The van der Waals surface area contributed by atoms with Crippen molar-refractivity contribution in [3.63, 3.8) is 0 Å². The van der Waals surface area contributed by atoms with E-state index >= 15 is 0 Å². The zero-order chi connectivity index (χ0) is 46.7. The number of carbonyl (C=O) groups excluding carboxylic acids is 2. The van der Waals surface area contributed by atoms with Gasteiger partial charge in [0.2, 0.25) is 5.91 Å². The molecular weight excluding hydrogens is 791 g/mol. The summed E-state index contributed by atoms with van der Waals surface area (Å²) < 4.78 is 5.95. The molecule has 0 saturated heterocycles. The van der Waals surface area contributed by atoms with Crippen molar-refractivity contribution in [2.75, 3.05) is 6.61 Å². The summed E-state index contributed by atoms with van der Waals surface area (Å²) in [4.78, 5) is 26.2. The maximum absolute atomic E-state index is 13.2. The lowest BCUT2D eigenvalue weighted by molar-refractivity contribution is -0.151. The monoisotopic (exact) mass is 896 g/mol. The fourth-order valence-electron chi connectivity index (χ4n) is 8.29. The maximum Gasteiger partial charge on any atom is 0.306 e. The summed E-state index contributed by atoms with van der Waals surface area (Å²) in [5, 5.41) is 23.8. The molecular formula is C58H105NO5. The number of ether oxygens (including phenoxy) is 1. The Morgan fingerprint density at radius 3 is 1.27 bits per heavy atom. The first kappa shape index (κ1) is 61.6. The van der Waals surface area contributed by atoms with Crippen LogP contribution in [0, 0.1) is 0 Å². The summed E-state index contributed by atoms with van der Waals surface area (Å²) in [5.41, 5.74) is 0. The summed E-state index contributed by atoms with van der Waals surface area (Å²) in [6.45, 7) is 6.41. The molecule has 0 aliphatic rings. The van der Waals surface area contributed by atoms with Crippen molar-refractivity contribution in [3.05, 3.63) is 60.8 Å². The average molecular weight is 896 g/mol. The predicted molar refractivity (Wildman–Crippen MR) is 278 cm³/mol. The Bertz CT molecular complexity index is 1140. The Morgan fingerprint density at radius 1 is 0.453 bits per heavy atom. The van der Waals surface area contributed by atoms with Crippen molar-refractivity contribution in [1.29, 1.82) is 0 Å². The van der Waals surface area contributed by atoms with E-state index in [4.69, 9.17) is 4.74 Å². The van der Waals surface area contributed by atoms with Crippen molar-refractivity contribution < 1.29 is 24.5 Å². The van der Waals surface area contributed by atoms with Gasteiger partial charge in [-0.2, -0.15) is 0 Å². The van der Waals surface area contributed by atoms with Crippen LogP contribution in [0.4, 0.5) is 0 Å². The van der Waals surface area contributed by atoms with Crippen LogP contribution < -0.4 is 5.32 Å². The van der Waals surface area contributed by atoms with Crippen LogP contribution in [0.5, 0.6) is 0 Å². The first-order valence-corrected chi connectivity index (χ1v) is 27.6. The minimum absolute atomic E-state index is 0.0684. The Labute approximate surface area is 397 Å². The highest BCUT2D eigenvalue weighted by atomic mass is 16.5. The highest BCUT2D eigenvalue weighted by molar-refractivity contribution is 5.77. The lowest BCUT2D eigenvalue weighted by Gasteiger charge is -2.24. The fraction of sp³-hybridized carbons (Fsp3) is 0.793. The van der Waals surface area contributed by atoms with Gasteiger partial charge in [-0.15, -0.1) is 0 Å². The molecule has 0 aromatic carbocycles. The fourth-order valence-corrected chi connectivity index (χ4v) is 8.29. The van der Waals surface area contributed by atoms with E-state index in [1.165, 1.54) is 148 Å². The Hall–Kier alpha value is -2.44. The van der Waals surface area contributed by atoms with Gasteiger partial charge in [-0.25, -0.2) is 0 Å². The second-order valence-corrected chi connectivity index (χ2v) is 18.8. The molecule has 3 N–H and O–H groups in total. The Kier molecular flexibility index (Phi) is 49.6. The van der Waals surface area contributed by atoms with Gasteiger partial charge >= 0.3 is 5.97 Å². The van der Waals surface area contributed by atoms with E-state index in [-0.39, 0.29) is 24.9 Å². The van der Waals surface area contributed by atoms with Crippen LogP contribution in [-0.4, -0.2) is 46.9 Å². The van der Waals surface area contributed by atoms with E-state index in [9.17, 15) is 19.8 Å². The summed E-state index contributed by atoms with van der Waals surface area (Å²) in [6, 6.07) is -0.707. The molecule has 0 aromatic rings. The number of nitrogens with one attached hydrogen (secondary N) is 1. The van der Waals surface area contributed by atoms with Crippen LogP contribution in [0.3, 0.4) is 0 Å². The number of hydrogen-bond donors (Lipinski definition) is 3. The lowest BCUT2D eigenvalue weighted by Crippen LogP contribution is -2.46. The quantitative estimate of drug-likeness (QED) is 0.0321. The minimum atomic E-state index is -0.792. The van der Waals surface area contributed by atoms with Gasteiger partial charge in [-0.3, -0.25) is 9.59 Å². The third-order valence-electron chi connectivity index (χ3n) is 12.5. The highest BCUT2D eigenvalue weighted by Crippen LogP contribution is 2.18. The van der Waals surface area contributed by atoms with Gasteiger partial charge in [0.1, 0.15) is 6.10 Å². The minimum Gasteiger partial charge on any atom is -0.462 e. The molecule has 0 aliphatic carbocycles. The van der Waals surface area contributed by atoms with Crippen molar-refractivity contribution in [2.45, 2.75) is 289 Å². The molecule has 0 spiro atoms. The van der Waals surface area contributed by atoms with Gasteiger partial charge in [0.25, 0.3) is 0 Å². The van der Waals surface area contributed by atoms with Crippen molar-refractivity contribution >= 4 is 11.9 Å². The zero-order valence-corrected chi connectivity index (χ0v) is 42.4. The van der Waals surface area contributed by atoms with Crippen molar-refractivity contribution in [2.24, 2.45) is 0 Å². The molecule has 0 saturated carbocycles. The second kappa shape index (κ2) is 51.5. The summed E-state index contributed by atoms with van der Waals surface area (Å²) >= 11 is 0. The van der Waals surface area contributed by atoms with Crippen molar-refractivity contribution in [3.8, 4) is 0 Å². The molecule has 3 unspecified atom stereocenters. The smallest absolute Gasteiger partial charge is 0.306 e. The number of carbonyl (C=O) groups is 2. The number of aliphatic hydroxyl groups is 2. The van der Waals surface area contributed by atoms with E-state index in [1.807, 2.05) is 24.3 Å². The molecule has 0 rings (SSSR count). The van der Waals surface area contributed by atoms with Gasteiger partial charge < -0.3 is 20.3 Å². The molecule has 0 aliphatic heterocycles. The molecule has 6 heteroatoms. The first-order chi connectivity index (χ1) is 31.5. The first-order valence-electron chi connectivity index (χ1n) is 27.6. The number of unbranched alkanes of at least 4 members (excludes halogenated alkanes) is 31. The van der Waals surface area contributed by atoms with Gasteiger partial charge in [0, 0.05) is 6.42 Å². The second-order valence-electron chi connectivity index (χ2n) is 18.8. The SMILES string of the molecule is CCC/C=C/C=C/C=C/C=C/C=C/CCCCCCCC(=O)OC(CCCCCCCCCCCCCCCCC)CC(=O)NC(CO)C(O)CCCCCCCCCCCCCC. The third kappa shape index (κ3) is 46.1. The molecule has 1 amide bonds. The lowest BCUT2D eigenvalue weighted by atomic mass is 10.0. The number of aliphatic hydroxyl groups excluding tert-OH is 2. The number of esters is 1. The number of hydrogen-bond acceptors (Lipinski definition) is 5. The molecule has 0 radical (unpaired) electrons. The number of allylic oxidation sites excluding steroid dienone is 10.